The number of fused-ring (bicyclic) bond motifs is 1. The van der Waals surface area contributed by atoms with Gasteiger partial charge in [0.05, 0.1) is 18.1 Å². The number of ether oxygens (including phenoxy) is 2. The SMILES string of the molecule is COC(=O)c1ccc2onc(OCCN)c2c1. The summed E-state index contributed by atoms with van der Waals surface area (Å²) in [5, 5.41) is 4.38. The van der Waals surface area contributed by atoms with Gasteiger partial charge in [-0.2, -0.15) is 0 Å². The van der Waals surface area contributed by atoms with E-state index in [0.717, 1.165) is 0 Å². The normalized spacial score (nSPS) is 10.5. The molecule has 6 nitrogen and oxygen atoms in total. The second-order valence-corrected chi connectivity index (χ2v) is 3.33. The lowest BCUT2D eigenvalue weighted by Crippen LogP contribution is -2.10. The molecule has 0 bridgehead atoms. The Bertz CT molecular complexity index is 535. The van der Waals surface area contributed by atoms with E-state index in [4.69, 9.17) is 15.0 Å². The third kappa shape index (κ3) is 2.21. The molecule has 1 aromatic heterocycles. The number of hydrogen-bond acceptors (Lipinski definition) is 6. The van der Waals surface area contributed by atoms with Gasteiger partial charge in [0.15, 0.2) is 5.58 Å². The average Bonchev–Trinajstić information content (AvgIpc) is 2.77. The van der Waals surface area contributed by atoms with Crippen molar-refractivity contribution in [2.24, 2.45) is 5.73 Å². The number of methoxy groups -OCH3 is 1. The van der Waals surface area contributed by atoms with E-state index < -0.39 is 5.97 Å². The Morgan fingerprint density at radius 1 is 1.53 bits per heavy atom. The highest BCUT2D eigenvalue weighted by Gasteiger charge is 2.13. The molecule has 0 radical (unpaired) electrons. The Balaban J connectivity index is 2.39. The van der Waals surface area contributed by atoms with Gasteiger partial charge in [-0.25, -0.2) is 4.79 Å². The van der Waals surface area contributed by atoms with Crippen molar-refractivity contribution in [1.29, 1.82) is 0 Å². The maximum Gasteiger partial charge on any atom is 0.337 e. The number of nitrogens with zero attached hydrogens (tertiary/aromatic N) is 1. The van der Waals surface area contributed by atoms with E-state index in [1.807, 2.05) is 0 Å². The van der Waals surface area contributed by atoms with Gasteiger partial charge in [0, 0.05) is 6.54 Å². The fourth-order valence-corrected chi connectivity index (χ4v) is 1.42. The van der Waals surface area contributed by atoms with E-state index >= 15 is 0 Å². The summed E-state index contributed by atoms with van der Waals surface area (Å²) in [5.41, 5.74) is 6.29. The van der Waals surface area contributed by atoms with Gasteiger partial charge >= 0.3 is 5.97 Å². The largest absolute Gasteiger partial charge is 0.474 e. The predicted octanol–water partition coefficient (Wildman–Crippen LogP) is 0.952. The van der Waals surface area contributed by atoms with Crippen molar-refractivity contribution in [2.75, 3.05) is 20.3 Å². The zero-order valence-corrected chi connectivity index (χ0v) is 9.30. The highest BCUT2D eigenvalue weighted by atomic mass is 16.5. The lowest BCUT2D eigenvalue weighted by Gasteiger charge is -2.00. The molecule has 2 rings (SSSR count). The molecule has 0 aliphatic rings. The van der Waals surface area contributed by atoms with Gasteiger partial charge in [-0.1, -0.05) is 0 Å². The highest BCUT2D eigenvalue weighted by molar-refractivity contribution is 5.95. The molecular formula is C11H12N2O4. The molecule has 0 atom stereocenters. The first-order valence-corrected chi connectivity index (χ1v) is 5.07. The van der Waals surface area contributed by atoms with Crippen molar-refractivity contribution in [3.63, 3.8) is 0 Å². The summed E-state index contributed by atoms with van der Waals surface area (Å²) in [7, 11) is 1.33. The van der Waals surface area contributed by atoms with Gasteiger partial charge in [0.2, 0.25) is 0 Å². The van der Waals surface area contributed by atoms with Crippen molar-refractivity contribution >= 4 is 16.9 Å². The highest BCUT2D eigenvalue weighted by Crippen LogP contribution is 2.25. The van der Waals surface area contributed by atoms with Gasteiger partial charge in [0.25, 0.3) is 5.88 Å². The summed E-state index contributed by atoms with van der Waals surface area (Å²) in [6.07, 6.45) is 0. The molecule has 0 fully saturated rings. The molecular weight excluding hydrogens is 224 g/mol. The molecule has 0 unspecified atom stereocenters. The molecule has 0 saturated carbocycles. The lowest BCUT2D eigenvalue weighted by molar-refractivity contribution is 0.0601. The Hall–Kier alpha value is -2.08. The number of benzene rings is 1. The molecule has 0 aliphatic carbocycles. The quantitative estimate of drug-likeness (QED) is 0.795. The molecule has 17 heavy (non-hydrogen) atoms. The van der Waals surface area contributed by atoms with Crippen molar-refractivity contribution < 1.29 is 18.8 Å². The Labute approximate surface area is 97.3 Å². The first kappa shape index (κ1) is 11.4. The minimum Gasteiger partial charge on any atom is -0.474 e. The second-order valence-electron chi connectivity index (χ2n) is 3.33. The minimum absolute atomic E-state index is 0.330. The average molecular weight is 236 g/mol. The van der Waals surface area contributed by atoms with Crippen molar-refractivity contribution in [2.45, 2.75) is 0 Å². The van der Waals surface area contributed by atoms with E-state index in [2.05, 4.69) is 9.89 Å². The van der Waals surface area contributed by atoms with Crippen LogP contribution in [-0.2, 0) is 4.74 Å². The molecule has 90 valence electrons. The van der Waals surface area contributed by atoms with Crippen LogP contribution in [0.4, 0.5) is 0 Å². The van der Waals surface area contributed by atoms with Crippen LogP contribution in [0.25, 0.3) is 11.0 Å². The first-order chi connectivity index (χ1) is 8.26. The molecule has 0 aliphatic heterocycles. The van der Waals surface area contributed by atoms with Crippen molar-refractivity contribution in [3.8, 4) is 5.88 Å². The molecule has 0 amide bonds. The predicted molar refractivity (Wildman–Crippen MR) is 59.9 cm³/mol. The zero-order chi connectivity index (χ0) is 12.3. The minimum atomic E-state index is -0.419. The second kappa shape index (κ2) is 4.84. The number of nitrogens with two attached hydrogens (primary N) is 1. The molecule has 0 spiro atoms. The maximum absolute atomic E-state index is 11.4. The smallest absolute Gasteiger partial charge is 0.337 e. The number of rotatable bonds is 4. The fraction of sp³-hybridized carbons (Fsp3) is 0.273. The standard InChI is InChI=1S/C11H12N2O4/c1-15-11(14)7-2-3-9-8(6-7)10(13-17-9)16-5-4-12/h2-3,6H,4-5,12H2,1H3. The van der Waals surface area contributed by atoms with Gasteiger partial charge in [-0.05, 0) is 23.4 Å². The fourth-order valence-electron chi connectivity index (χ4n) is 1.42. The van der Waals surface area contributed by atoms with Gasteiger partial charge in [-0.3, -0.25) is 0 Å². The van der Waals surface area contributed by atoms with Crippen molar-refractivity contribution in [1.82, 2.24) is 5.16 Å². The van der Waals surface area contributed by atoms with Crippen LogP contribution in [0.1, 0.15) is 10.4 Å². The van der Waals surface area contributed by atoms with E-state index in [9.17, 15) is 4.79 Å². The van der Waals surface area contributed by atoms with E-state index in [-0.39, 0.29) is 0 Å². The van der Waals surface area contributed by atoms with Crippen LogP contribution in [0.5, 0.6) is 5.88 Å². The van der Waals surface area contributed by atoms with E-state index in [0.29, 0.717) is 35.6 Å². The van der Waals surface area contributed by atoms with Crippen LogP contribution in [-0.4, -0.2) is 31.4 Å². The van der Waals surface area contributed by atoms with Crippen LogP contribution in [0.15, 0.2) is 22.7 Å². The van der Waals surface area contributed by atoms with Crippen LogP contribution in [0.3, 0.4) is 0 Å². The summed E-state index contributed by atoms with van der Waals surface area (Å²) >= 11 is 0. The Morgan fingerprint density at radius 2 is 2.35 bits per heavy atom. The lowest BCUT2D eigenvalue weighted by atomic mass is 10.1. The Kier molecular flexibility index (Phi) is 3.24. The molecule has 1 aromatic carbocycles. The van der Waals surface area contributed by atoms with Crippen LogP contribution < -0.4 is 10.5 Å². The van der Waals surface area contributed by atoms with Gasteiger partial charge < -0.3 is 19.7 Å². The zero-order valence-electron chi connectivity index (χ0n) is 9.30. The maximum atomic E-state index is 11.4. The van der Waals surface area contributed by atoms with E-state index in [1.165, 1.54) is 7.11 Å². The third-order valence-electron chi connectivity index (χ3n) is 2.21. The summed E-state index contributed by atoms with van der Waals surface area (Å²) in [6.45, 7) is 0.717. The van der Waals surface area contributed by atoms with Crippen LogP contribution in [0, 0.1) is 0 Å². The molecule has 0 saturated heterocycles. The number of hydrogen-bond donors (Lipinski definition) is 1. The van der Waals surface area contributed by atoms with Crippen LogP contribution >= 0.6 is 0 Å². The molecule has 2 N–H and O–H groups in total. The number of carbonyl (C=O) groups is 1. The summed E-state index contributed by atoms with van der Waals surface area (Å²) < 4.78 is 15.0. The van der Waals surface area contributed by atoms with E-state index in [1.54, 1.807) is 18.2 Å². The summed E-state index contributed by atoms with van der Waals surface area (Å²) in [5.74, 6) is -0.0888. The number of aromatic nitrogens is 1. The summed E-state index contributed by atoms with van der Waals surface area (Å²) in [6, 6.07) is 4.86. The monoisotopic (exact) mass is 236 g/mol. The molecule has 6 heteroatoms. The van der Waals surface area contributed by atoms with Gasteiger partial charge in [0.1, 0.15) is 6.61 Å². The first-order valence-electron chi connectivity index (χ1n) is 5.07. The molecule has 2 aromatic rings. The molecule has 1 heterocycles. The number of esters is 1. The topological polar surface area (TPSA) is 87.6 Å². The van der Waals surface area contributed by atoms with Crippen molar-refractivity contribution in [3.05, 3.63) is 23.8 Å². The Morgan fingerprint density at radius 3 is 3.06 bits per heavy atom. The van der Waals surface area contributed by atoms with Crippen LogP contribution in [0.2, 0.25) is 0 Å². The third-order valence-corrected chi connectivity index (χ3v) is 2.21. The summed E-state index contributed by atoms with van der Waals surface area (Å²) in [4.78, 5) is 11.4. The van der Waals surface area contributed by atoms with Gasteiger partial charge in [-0.15, -0.1) is 0 Å². The number of carbonyl (C=O) groups excluding carboxylic acids is 1.